The van der Waals surface area contributed by atoms with Crippen LogP contribution in [0.4, 0.5) is 0 Å². The summed E-state index contributed by atoms with van der Waals surface area (Å²) in [6.45, 7) is 8.49. The highest BCUT2D eigenvalue weighted by atomic mass is 35.5. The van der Waals surface area contributed by atoms with Crippen molar-refractivity contribution in [1.82, 2.24) is 0 Å². The monoisotopic (exact) mass is 302 g/mol. The van der Waals surface area contributed by atoms with Crippen molar-refractivity contribution in [2.75, 3.05) is 0 Å². The number of carbonyl (C=O) groups is 1. The van der Waals surface area contributed by atoms with Gasteiger partial charge in [-0.05, 0) is 36.6 Å². The smallest absolute Gasteiger partial charge is 0.150 e. The molecule has 2 nitrogen and oxygen atoms in total. The minimum absolute atomic E-state index is 0.0312. The van der Waals surface area contributed by atoms with Crippen LogP contribution in [0.15, 0.2) is 36.4 Å². The van der Waals surface area contributed by atoms with Crippen LogP contribution in [-0.2, 0) is 5.41 Å². The molecule has 0 atom stereocenters. The Balaban J connectivity index is 2.42. The summed E-state index contributed by atoms with van der Waals surface area (Å²) in [7, 11) is 0. The second-order valence-electron chi connectivity index (χ2n) is 6.16. The molecule has 110 valence electrons. The molecule has 0 saturated carbocycles. The van der Waals surface area contributed by atoms with Crippen LogP contribution in [0.3, 0.4) is 0 Å². The number of halogens is 1. The van der Waals surface area contributed by atoms with Gasteiger partial charge in [-0.25, -0.2) is 0 Å². The zero-order chi connectivity index (χ0) is 15.6. The highest BCUT2D eigenvalue weighted by Gasteiger charge is 2.20. The molecule has 0 heterocycles. The quantitative estimate of drug-likeness (QED) is 0.695. The van der Waals surface area contributed by atoms with Gasteiger partial charge in [0.2, 0.25) is 0 Å². The molecule has 0 saturated heterocycles. The maximum atomic E-state index is 10.8. The molecular formula is C18H19ClO2. The number of rotatable bonds is 3. The topological polar surface area (TPSA) is 26.3 Å². The van der Waals surface area contributed by atoms with E-state index < -0.39 is 0 Å². The molecule has 0 amide bonds. The van der Waals surface area contributed by atoms with E-state index in [2.05, 4.69) is 33.8 Å². The lowest BCUT2D eigenvalue weighted by molar-refractivity contribution is 0.112. The van der Waals surface area contributed by atoms with Crippen LogP contribution >= 0.6 is 11.6 Å². The fourth-order valence-corrected chi connectivity index (χ4v) is 2.34. The number of benzene rings is 2. The summed E-state index contributed by atoms with van der Waals surface area (Å²) in [6, 6.07) is 11.1. The van der Waals surface area contributed by atoms with Gasteiger partial charge < -0.3 is 4.74 Å². The molecule has 0 spiro atoms. The molecule has 0 unspecified atom stereocenters. The third-order valence-corrected chi connectivity index (χ3v) is 3.55. The molecular weight excluding hydrogens is 284 g/mol. The average Bonchev–Trinajstić information content (AvgIpc) is 2.41. The van der Waals surface area contributed by atoms with Gasteiger partial charge in [-0.2, -0.15) is 0 Å². The van der Waals surface area contributed by atoms with Crippen LogP contribution in [0.25, 0.3) is 0 Å². The van der Waals surface area contributed by atoms with E-state index in [1.165, 1.54) is 5.56 Å². The van der Waals surface area contributed by atoms with Crippen LogP contribution in [0, 0.1) is 6.92 Å². The summed E-state index contributed by atoms with van der Waals surface area (Å²) in [6.07, 6.45) is 0.766. The van der Waals surface area contributed by atoms with Crippen LogP contribution < -0.4 is 4.74 Å². The number of hydrogen-bond acceptors (Lipinski definition) is 2. The summed E-state index contributed by atoms with van der Waals surface area (Å²) in [5, 5.41) is 0.431. The van der Waals surface area contributed by atoms with Gasteiger partial charge in [-0.1, -0.05) is 50.1 Å². The summed E-state index contributed by atoms with van der Waals surface area (Å²) in [5.41, 5.74) is 2.82. The Morgan fingerprint density at radius 1 is 1.05 bits per heavy atom. The van der Waals surface area contributed by atoms with Gasteiger partial charge >= 0.3 is 0 Å². The number of hydrogen-bond donors (Lipinski definition) is 0. The van der Waals surface area contributed by atoms with E-state index in [0.717, 1.165) is 17.6 Å². The van der Waals surface area contributed by atoms with Gasteiger partial charge in [0.25, 0.3) is 0 Å². The van der Waals surface area contributed by atoms with Gasteiger partial charge in [-0.15, -0.1) is 0 Å². The second-order valence-corrected chi connectivity index (χ2v) is 6.57. The molecule has 0 N–H and O–H groups in total. The van der Waals surface area contributed by atoms with E-state index in [1.807, 2.05) is 12.1 Å². The maximum absolute atomic E-state index is 10.8. The molecule has 0 fully saturated rings. The molecule has 2 aromatic carbocycles. The first kappa shape index (κ1) is 15.6. The van der Waals surface area contributed by atoms with Gasteiger partial charge in [0.15, 0.2) is 0 Å². The van der Waals surface area contributed by atoms with E-state index in [4.69, 9.17) is 16.3 Å². The zero-order valence-electron chi connectivity index (χ0n) is 12.7. The standard InChI is InChI=1S/C18H19ClO2/c1-12-5-7-16(14(9-12)18(2,3)4)21-17-8-6-13(11-20)10-15(17)19/h5-11H,1-4H3. The Morgan fingerprint density at radius 2 is 1.71 bits per heavy atom. The third-order valence-electron chi connectivity index (χ3n) is 3.26. The lowest BCUT2D eigenvalue weighted by Gasteiger charge is -2.23. The predicted octanol–water partition coefficient (Wildman–Crippen LogP) is 5.55. The molecule has 0 radical (unpaired) electrons. The van der Waals surface area contributed by atoms with Crippen molar-refractivity contribution in [2.45, 2.75) is 33.1 Å². The normalized spacial score (nSPS) is 11.3. The lowest BCUT2D eigenvalue weighted by Crippen LogP contribution is -2.12. The van der Waals surface area contributed by atoms with Crippen molar-refractivity contribution in [2.24, 2.45) is 0 Å². The molecule has 0 aliphatic carbocycles. The summed E-state index contributed by atoms with van der Waals surface area (Å²) >= 11 is 6.17. The average molecular weight is 303 g/mol. The fraction of sp³-hybridized carbons (Fsp3) is 0.278. The number of carbonyl (C=O) groups excluding carboxylic acids is 1. The molecule has 0 aromatic heterocycles. The molecule has 0 bridgehead atoms. The molecule has 0 aliphatic rings. The van der Waals surface area contributed by atoms with Crippen molar-refractivity contribution >= 4 is 17.9 Å². The molecule has 21 heavy (non-hydrogen) atoms. The van der Waals surface area contributed by atoms with Crippen molar-refractivity contribution in [3.8, 4) is 11.5 Å². The Kier molecular flexibility index (Phi) is 4.38. The van der Waals surface area contributed by atoms with E-state index in [0.29, 0.717) is 16.3 Å². The third kappa shape index (κ3) is 3.64. The highest BCUT2D eigenvalue weighted by Crippen LogP contribution is 2.37. The number of aryl methyl sites for hydroxylation is 1. The summed E-state index contributed by atoms with van der Waals surface area (Å²) in [4.78, 5) is 10.8. The molecule has 2 rings (SSSR count). The van der Waals surface area contributed by atoms with Crippen LogP contribution in [0.5, 0.6) is 11.5 Å². The first-order valence-electron chi connectivity index (χ1n) is 6.85. The SMILES string of the molecule is Cc1ccc(Oc2ccc(C=O)cc2Cl)c(C(C)(C)C)c1. The fourth-order valence-electron chi connectivity index (χ4n) is 2.11. The van der Waals surface area contributed by atoms with Gasteiger partial charge in [0.1, 0.15) is 17.8 Å². The van der Waals surface area contributed by atoms with E-state index in [1.54, 1.807) is 18.2 Å². The largest absolute Gasteiger partial charge is 0.455 e. The second kappa shape index (κ2) is 5.90. The molecule has 3 heteroatoms. The van der Waals surface area contributed by atoms with Gasteiger partial charge in [0.05, 0.1) is 5.02 Å². The van der Waals surface area contributed by atoms with Crippen LogP contribution in [-0.4, -0.2) is 6.29 Å². The Morgan fingerprint density at radius 3 is 2.29 bits per heavy atom. The van der Waals surface area contributed by atoms with Crippen molar-refractivity contribution in [3.63, 3.8) is 0 Å². The summed E-state index contributed by atoms with van der Waals surface area (Å²) in [5.74, 6) is 1.34. The van der Waals surface area contributed by atoms with Crippen LogP contribution in [0.2, 0.25) is 5.02 Å². The van der Waals surface area contributed by atoms with Crippen molar-refractivity contribution < 1.29 is 9.53 Å². The predicted molar refractivity (Wildman–Crippen MR) is 86.8 cm³/mol. The molecule has 2 aromatic rings. The van der Waals surface area contributed by atoms with E-state index in [9.17, 15) is 4.79 Å². The first-order valence-corrected chi connectivity index (χ1v) is 7.23. The van der Waals surface area contributed by atoms with Gasteiger partial charge in [-0.3, -0.25) is 4.79 Å². The highest BCUT2D eigenvalue weighted by molar-refractivity contribution is 6.32. The zero-order valence-corrected chi connectivity index (χ0v) is 13.5. The summed E-state index contributed by atoms with van der Waals surface area (Å²) < 4.78 is 5.97. The van der Waals surface area contributed by atoms with Crippen molar-refractivity contribution in [3.05, 3.63) is 58.1 Å². The minimum atomic E-state index is -0.0312. The Bertz CT molecular complexity index is 669. The lowest BCUT2D eigenvalue weighted by atomic mass is 9.85. The van der Waals surface area contributed by atoms with E-state index in [-0.39, 0.29) is 5.41 Å². The first-order chi connectivity index (χ1) is 9.81. The van der Waals surface area contributed by atoms with Crippen molar-refractivity contribution in [1.29, 1.82) is 0 Å². The van der Waals surface area contributed by atoms with Crippen LogP contribution in [0.1, 0.15) is 42.3 Å². The maximum Gasteiger partial charge on any atom is 0.150 e. The molecule has 0 aliphatic heterocycles. The number of ether oxygens (including phenoxy) is 1. The Labute approximate surface area is 130 Å². The van der Waals surface area contributed by atoms with Gasteiger partial charge in [0, 0.05) is 11.1 Å². The Hall–Kier alpha value is -1.80. The number of aldehydes is 1. The minimum Gasteiger partial charge on any atom is -0.455 e. The van der Waals surface area contributed by atoms with E-state index >= 15 is 0 Å².